The van der Waals surface area contributed by atoms with Gasteiger partial charge in [0.05, 0.1) is 0 Å². The highest BCUT2D eigenvalue weighted by atomic mass is 35.5. The topological polar surface area (TPSA) is 71.9 Å². The summed E-state index contributed by atoms with van der Waals surface area (Å²) in [5, 5.41) is 10.9. The molecule has 7 heteroatoms. The van der Waals surface area contributed by atoms with Gasteiger partial charge >= 0.3 is 0 Å². The van der Waals surface area contributed by atoms with E-state index in [2.05, 4.69) is 4.98 Å². The lowest BCUT2D eigenvalue weighted by Crippen LogP contribution is -2.36. The molecule has 0 aliphatic carbocycles. The molecule has 2 aliphatic heterocycles. The zero-order valence-corrected chi connectivity index (χ0v) is 15.6. The van der Waals surface area contributed by atoms with Crippen molar-refractivity contribution in [1.29, 1.82) is 0 Å². The lowest BCUT2D eigenvalue weighted by Gasteiger charge is -2.29. The molecule has 0 bridgehead atoms. The van der Waals surface area contributed by atoms with E-state index in [0.29, 0.717) is 27.8 Å². The Morgan fingerprint density at radius 3 is 2.67 bits per heavy atom. The second-order valence-corrected chi connectivity index (χ2v) is 7.20. The number of ether oxygens (including phenoxy) is 2. The Bertz CT molecular complexity index is 852. The molecule has 0 saturated carbocycles. The Balaban J connectivity index is 1.71. The highest BCUT2D eigenvalue weighted by molar-refractivity contribution is 6.30. The minimum atomic E-state index is -0.421. The van der Waals surface area contributed by atoms with Gasteiger partial charge in [0, 0.05) is 43.3 Å². The van der Waals surface area contributed by atoms with Gasteiger partial charge in [0.1, 0.15) is 10.9 Å². The summed E-state index contributed by atoms with van der Waals surface area (Å²) in [5.74, 6) is 0.732. The minimum absolute atomic E-state index is 0.0515. The molecule has 1 atom stereocenters. The first kappa shape index (κ1) is 17.9. The number of hydrogen-bond donors (Lipinski definition) is 1. The van der Waals surface area contributed by atoms with Crippen LogP contribution in [-0.2, 0) is 4.79 Å². The molecule has 2 aromatic rings. The highest BCUT2D eigenvalue weighted by Crippen LogP contribution is 2.44. The maximum Gasteiger partial charge on any atom is 0.231 e. The molecule has 1 N–H and O–H groups in total. The van der Waals surface area contributed by atoms with Gasteiger partial charge in [-0.25, -0.2) is 4.98 Å². The van der Waals surface area contributed by atoms with Crippen molar-refractivity contribution >= 4 is 17.5 Å². The summed E-state index contributed by atoms with van der Waals surface area (Å²) in [6.07, 6.45) is 5.02. The van der Waals surface area contributed by atoms with E-state index in [0.717, 1.165) is 32.4 Å². The largest absolute Gasteiger partial charge is 0.508 e. The maximum atomic E-state index is 12.9. The number of piperidine rings is 1. The second kappa shape index (κ2) is 7.64. The summed E-state index contributed by atoms with van der Waals surface area (Å²) in [7, 11) is 0. The zero-order chi connectivity index (χ0) is 18.8. The van der Waals surface area contributed by atoms with Gasteiger partial charge in [0.15, 0.2) is 11.5 Å². The molecule has 2 aliphatic rings. The number of aromatic nitrogens is 1. The number of carbonyl (C=O) groups is 1. The van der Waals surface area contributed by atoms with Crippen LogP contribution >= 0.6 is 11.6 Å². The molecule has 27 heavy (non-hydrogen) atoms. The van der Waals surface area contributed by atoms with E-state index in [4.69, 9.17) is 21.1 Å². The number of hydrogen-bond acceptors (Lipinski definition) is 5. The first-order chi connectivity index (χ1) is 13.1. The molecular weight excluding hydrogens is 368 g/mol. The third-order valence-electron chi connectivity index (χ3n) is 5.15. The Morgan fingerprint density at radius 1 is 1.19 bits per heavy atom. The average molecular weight is 389 g/mol. The lowest BCUT2D eigenvalue weighted by molar-refractivity contribution is -0.132. The molecule has 3 heterocycles. The van der Waals surface area contributed by atoms with E-state index >= 15 is 0 Å². The minimum Gasteiger partial charge on any atom is -0.508 e. The molecule has 4 rings (SSSR count). The van der Waals surface area contributed by atoms with E-state index in [1.165, 1.54) is 6.07 Å². The van der Waals surface area contributed by atoms with Crippen molar-refractivity contribution in [2.24, 2.45) is 0 Å². The number of aromatic hydroxyl groups is 1. The second-order valence-electron chi connectivity index (χ2n) is 6.85. The van der Waals surface area contributed by atoms with Crippen LogP contribution in [0.25, 0.3) is 0 Å². The third kappa shape index (κ3) is 3.67. The number of likely N-dealkylation sites (tertiary alicyclic amines) is 1. The fourth-order valence-corrected chi connectivity index (χ4v) is 3.97. The molecule has 6 nitrogen and oxygen atoms in total. The van der Waals surface area contributed by atoms with Gasteiger partial charge in [-0.05, 0) is 37.0 Å². The molecular formula is C20H21ClN2O4. The number of amides is 1. The SMILES string of the molecule is O=C(C[C@H](c1cc2c(cc1O)OCO2)c1cccnc1Cl)N1CCCCC1. The van der Waals surface area contributed by atoms with Crippen LogP contribution < -0.4 is 9.47 Å². The van der Waals surface area contributed by atoms with E-state index in [1.54, 1.807) is 18.3 Å². The smallest absolute Gasteiger partial charge is 0.231 e. The first-order valence-electron chi connectivity index (χ1n) is 9.14. The number of halogens is 1. The Labute approximate surface area is 162 Å². The van der Waals surface area contributed by atoms with Crippen molar-refractivity contribution in [3.05, 3.63) is 46.7 Å². The van der Waals surface area contributed by atoms with Crippen LogP contribution in [0, 0.1) is 0 Å². The fourth-order valence-electron chi connectivity index (χ4n) is 3.72. The molecule has 1 saturated heterocycles. The molecule has 0 spiro atoms. The summed E-state index contributed by atoms with van der Waals surface area (Å²) in [4.78, 5) is 19.0. The summed E-state index contributed by atoms with van der Waals surface area (Å²) in [6.45, 7) is 1.67. The predicted octanol–water partition coefficient (Wildman–Crippen LogP) is 3.70. The van der Waals surface area contributed by atoms with Gasteiger partial charge in [-0.3, -0.25) is 4.79 Å². The van der Waals surface area contributed by atoms with E-state index < -0.39 is 5.92 Å². The maximum absolute atomic E-state index is 12.9. The zero-order valence-electron chi connectivity index (χ0n) is 14.9. The quantitative estimate of drug-likeness (QED) is 0.808. The van der Waals surface area contributed by atoms with E-state index in [1.807, 2.05) is 11.0 Å². The molecule has 1 aromatic heterocycles. The van der Waals surface area contributed by atoms with Crippen LogP contribution in [0.4, 0.5) is 0 Å². The Hall–Kier alpha value is -2.47. The number of phenols is 1. The van der Waals surface area contributed by atoms with Crippen molar-refractivity contribution < 1.29 is 19.4 Å². The molecule has 1 fully saturated rings. The van der Waals surface area contributed by atoms with Gasteiger partial charge in [0.2, 0.25) is 12.7 Å². The van der Waals surface area contributed by atoms with E-state index in [9.17, 15) is 9.90 Å². The van der Waals surface area contributed by atoms with Crippen LogP contribution in [0.1, 0.15) is 42.7 Å². The molecule has 1 amide bonds. The Kier molecular flexibility index (Phi) is 5.07. The van der Waals surface area contributed by atoms with Crippen molar-refractivity contribution in [2.75, 3.05) is 19.9 Å². The highest BCUT2D eigenvalue weighted by Gasteiger charge is 2.29. The van der Waals surface area contributed by atoms with Crippen LogP contribution in [0.3, 0.4) is 0 Å². The normalized spacial score (nSPS) is 17.0. The predicted molar refractivity (Wildman–Crippen MR) is 100 cm³/mol. The fraction of sp³-hybridized carbons (Fsp3) is 0.400. The average Bonchev–Trinajstić information content (AvgIpc) is 3.14. The monoisotopic (exact) mass is 388 g/mol. The van der Waals surface area contributed by atoms with Gasteiger partial charge < -0.3 is 19.5 Å². The number of phenolic OH excluding ortho intramolecular Hbond substituents is 1. The van der Waals surface area contributed by atoms with Gasteiger partial charge in [0.25, 0.3) is 0 Å². The summed E-state index contributed by atoms with van der Waals surface area (Å²) < 4.78 is 10.8. The van der Waals surface area contributed by atoms with Gasteiger partial charge in [-0.2, -0.15) is 0 Å². The van der Waals surface area contributed by atoms with Crippen molar-refractivity contribution in [3.8, 4) is 17.2 Å². The van der Waals surface area contributed by atoms with Gasteiger partial charge in [-0.15, -0.1) is 0 Å². The summed E-state index contributed by atoms with van der Waals surface area (Å²) in [5.41, 5.74) is 1.29. The first-order valence-corrected chi connectivity index (χ1v) is 9.52. The number of pyridine rings is 1. The number of carbonyl (C=O) groups excluding carboxylic acids is 1. The lowest BCUT2D eigenvalue weighted by atomic mass is 9.87. The van der Waals surface area contributed by atoms with Crippen LogP contribution in [0.5, 0.6) is 17.2 Å². The Morgan fingerprint density at radius 2 is 1.93 bits per heavy atom. The van der Waals surface area contributed by atoms with Crippen LogP contribution in [0.15, 0.2) is 30.5 Å². The molecule has 1 aromatic carbocycles. The van der Waals surface area contributed by atoms with Crippen LogP contribution in [0.2, 0.25) is 5.15 Å². The molecule has 0 radical (unpaired) electrons. The van der Waals surface area contributed by atoms with Crippen LogP contribution in [-0.4, -0.2) is 40.8 Å². The van der Waals surface area contributed by atoms with Crippen molar-refractivity contribution in [2.45, 2.75) is 31.6 Å². The van der Waals surface area contributed by atoms with E-state index in [-0.39, 0.29) is 24.9 Å². The number of fused-ring (bicyclic) bond motifs is 1. The van der Waals surface area contributed by atoms with Gasteiger partial charge in [-0.1, -0.05) is 17.7 Å². The van der Waals surface area contributed by atoms with Crippen molar-refractivity contribution in [3.63, 3.8) is 0 Å². The summed E-state index contributed by atoms with van der Waals surface area (Å²) in [6, 6.07) is 6.88. The molecule has 0 unspecified atom stereocenters. The van der Waals surface area contributed by atoms with Crippen molar-refractivity contribution in [1.82, 2.24) is 9.88 Å². The number of benzene rings is 1. The standard InChI is InChI=1S/C20H21ClN2O4/c21-20-13(5-4-6-22-20)14(10-19(25)23-7-2-1-3-8-23)15-9-17-18(11-16(15)24)27-12-26-17/h4-6,9,11,14,24H,1-3,7-8,10,12H2/t14-/m0/s1. The number of nitrogens with zero attached hydrogens (tertiary/aromatic N) is 2. The molecule has 142 valence electrons. The third-order valence-corrected chi connectivity index (χ3v) is 5.46. The summed E-state index contributed by atoms with van der Waals surface area (Å²) >= 11 is 6.33. The number of rotatable bonds is 4.